The van der Waals surface area contributed by atoms with Crippen molar-refractivity contribution in [2.75, 3.05) is 5.75 Å². The number of benzene rings is 1. The van der Waals surface area contributed by atoms with Gasteiger partial charge in [0.25, 0.3) is 0 Å². The van der Waals surface area contributed by atoms with Crippen LogP contribution in [-0.2, 0) is 0 Å². The molecule has 0 spiro atoms. The Labute approximate surface area is 90.4 Å². The van der Waals surface area contributed by atoms with Crippen LogP contribution in [0.3, 0.4) is 0 Å². The summed E-state index contributed by atoms with van der Waals surface area (Å²) in [6, 6.07) is 7.34. The zero-order valence-corrected chi connectivity index (χ0v) is 9.40. The van der Waals surface area contributed by atoms with E-state index in [9.17, 15) is 4.79 Å². The molecule has 1 aromatic carbocycles. The number of halogens is 1. The Morgan fingerprint density at radius 2 is 2.08 bits per heavy atom. The molecule has 1 aromatic rings. The Bertz CT molecular complexity index is 305. The van der Waals surface area contributed by atoms with Crippen LogP contribution >= 0.6 is 27.7 Å². The molecule has 0 aliphatic carbocycles. The van der Waals surface area contributed by atoms with Crippen molar-refractivity contribution in [3.63, 3.8) is 0 Å². The monoisotopic (exact) mass is 256 g/mol. The number of carbonyl (C=O) groups is 1. The summed E-state index contributed by atoms with van der Waals surface area (Å²) in [4.78, 5) is 11.4. The van der Waals surface area contributed by atoms with Crippen molar-refractivity contribution < 1.29 is 4.79 Å². The maximum Gasteiger partial charge on any atom is 0.219 e. The van der Waals surface area contributed by atoms with Crippen molar-refractivity contribution in [3.05, 3.63) is 47.0 Å². The largest absolute Gasteiger partial charge is 0.282 e. The van der Waals surface area contributed by atoms with E-state index in [0.29, 0.717) is 5.75 Å². The van der Waals surface area contributed by atoms with Gasteiger partial charge in [0.2, 0.25) is 5.12 Å². The van der Waals surface area contributed by atoms with Crippen LogP contribution in [0, 0.1) is 0 Å². The summed E-state index contributed by atoms with van der Waals surface area (Å²) < 4.78 is 0.984. The van der Waals surface area contributed by atoms with E-state index in [1.165, 1.54) is 11.8 Å². The fourth-order valence-corrected chi connectivity index (χ4v) is 1.64. The van der Waals surface area contributed by atoms with E-state index in [4.69, 9.17) is 0 Å². The van der Waals surface area contributed by atoms with E-state index in [2.05, 4.69) is 22.5 Å². The van der Waals surface area contributed by atoms with Gasteiger partial charge in [0.1, 0.15) is 0 Å². The van der Waals surface area contributed by atoms with Gasteiger partial charge >= 0.3 is 0 Å². The fraction of sp³-hybridized carbons (Fsp3) is 0.100. The van der Waals surface area contributed by atoms with Crippen LogP contribution in [-0.4, -0.2) is 10.9 Å². The first-order valence-electron chi connectivity index (χ1n) is 3.77. The second-order valence-electron chi connectivity index (χ2n) is 2.39. The van der Waals surface area contributed by atoms with Gasteiger partial charge in [-0.05, 0) is 24.3 Å². The summed E-state index contributed by atoms with van der Waals surface area (Å²) in [6.45, 7) is 3.56. The summed E-state index contributed by atoms with van der Waals surface area (Å²) in [5.74, 6) is 0.662. The van der Waals surface area contributed by atoms with E-state index in [1.807, 2.05) is 24.3 Å². The average Bonchev–Trinajstić information content (AvgIpc) is 2.15. The summed E-state index contributed by atoms with van der Waals surface area (Å²) >= 11 is 4.58. The lowest BCUT2D eigenvalue weighted by Gasteiger charge is -1.97. The van der Waals surface area contributed by atoms with Gasteiger partial charge in [-0.25, -0.2) is 0 Å². The molecule has 0 radical (unpaired) electrons. The molecule has 0 saturated heterocycles. The zero-order valence-electron chi connectivity index (χ0n) is 7.00. The second-order valence-corrected chi connectivity index (χ2v) is 4.30. The highest BCUT2D eigenvalue weighted by Crippen LogP contribution is 2.15. The van der Waals surface area contributed by atoms with Gasteiger partial charge in [-0.3, -0.25) is 4.79 Å². The Hall–Kier alpha value is -0.540. The summed E-state index contributed by atoms with van der Waals surface area (Å²) in [7, 11) is 0. The Morgan fingerprint density at radius 1 is 1.46 bits per heavy atom. The van der Waals surface area contributed by atoms with E-state index < -0.39 is 0 Å². The minimum Gasteiger partial charge on any atom is -0.282 e. The first-order valence-corrected chi connectivity index (χ1v) is 5.55. The van der Waals surface area contributed by atoms with E-state index >= 15 is 0 Å². The number of thioether (sulfide) groups is 1. The third-order valence-electron chi connectivity index (χ3n) is 1.41. The van der Waals surface area contributed by atoms with Gasteiger partial charge in [-0.2, -0.15) is 0 Å². The first kappa shape index (κ1) is 10.5. The second kappa shape index (κ2) is 5.25. The van der Waals surface area contributed by atoms with Crippen LogP contribution in [0.25, 0.3) is 0 Å². The summed E-state index contributed by atoms with van der Waals surface area (Å²) in [6.07, 6.45) is 1.72. The lowest BCUT2D eigenvalue weighted by molar-refractivity contribution is 0.108. The molecule has 3 heteroatoms. The molecule has 0 fully saturated rings. The van der Waals surface area contributed by atoms with Gasteiger partial charge in [0.15, 0.2) is 0 Å². The molecule has 1 rings (SSSR count). The SMILES string of the molecule is C=CCSC(=O)c1ccc(Br)cc1. The molecule has 68 valence electrons. The lowest BCUT2D eigenvalue weighted by atomic mass is 10.2. The highest BCUT2D eigenvalue weighted by molar-refractivity contribution is 9.10. The van der Waals surface area contributed by atoms with Crippen LogP contribution in [0.4, 0.5) is 0 Å². The molecular weight excluding hydrogens is 248 g/mol. The van der Waals surface area contributed by atoms with Gasteiger partial charge < -0.3 is 0 Å². The van der Waals surface area contributed by atoms with Crippen LogP contribution in [0.15, 0.2) is 41.4 Å². The molecule has 0 amide bonds. The normalized spacial score (nSPS) is 9.62. The van der Waals surface area contributed by atoms with Gasteiger partial charge in [-0.15, -0.1) is 6.58 Å². The van der Waals surface area contributed by atoms with Crippen LogP contribution in [0.5, 0.6) is 0 Å². The highest BCUT2D eigenvalue weighted by atomic mass is 79.9. The molecule has 1 nitrogen and oxygen atoms in total. The predicted molar refractivity (Wildman–Crippen MR) is 61.1 cm³/mol. The van der Waals surface area contributed by atoms with Crippen LogP contribution < -0.4 is 0 Å². The lowest BCUT2D eigenvalue weighted by Crippen LogP contribution is -1.92. The molecule has 0 aliphatic rings. The van der Waals surface area contributed by atoms with Crippen LogP contribution in [0.1, 0.15) is 10.4 Å². The first-order chi connectivity index (χ1) is 6.24. The van der Waals surface area contributed by atoms with Crippen molar-refractivity contribution in [2.45, 2.75) is 0 Å². The zero-order chi connectivity index (χ0) is 9.68. The van der Waals surface area contributed by atoms with Crippen molar-refractivity contribution in [1.82, 2.24) is 0 Å². The van der Waals surface area contributed by atoms with Crippen molar-refractivity contribution in [2.24, 2.45) is 0 Å². The van der Waals surface area contributed by atoms with E-state index in [1.54, 1.807) is 6.08 Å². The average molecular weight is 257 g/mol. The third kappa shape index (κ3) is 3.36. The molecule has 0 unspecified atom stereocenters. The number of rotatable bonds is 3. The topological polar surface area (TPSA) is 17.1 Å². The minimum absolute atomic E-state index is 0.0902. The van der Waals surface area contributed by atoms with Gasteiger partial charge in [0, 0.05) is 15.8 Å². The Balaban J connectivity index is 2.66. The third-order valence-corrected chi connectivity index (χ3v) is 2.84. The van der Waals surface area contributed by atoms with Crippen molar-refractivity contribution in [3.8, 4) is 0 Å². The molecule has 0 aromatic heterocycles. The quantitative estimate of drug-likeness (QED) is 0.771. The Morgan fingerprint density at radius 3 is 2.62 bits per heavy atom. The maximum absolute atomic E-state index is 11.4. The summed E-state index contributed by atoms with van der Waals surface area (Å²) in [5, 5.41) is 0.0902. The van der Waals surface area contributed by atoms with Crippen LogP contribution in [0.2, 0.25) is 0 Å². The van der Waals surface area contributed by atoms with Crippen molar-refractivity contribution >= 4 is 32.8 Å². The molecule has 0 aliphatic heterocycles. The Kier molecular flexibility index (Phi) is 4.25. The van der Waals surface area contributed by atoms with Gasteiger partial charge in [0.05, 0.1) is 0 Å². The highest BCUT2D eigenvalue weighted by Gasteiger charge is 2.03. The fourth-order valence-electron chi connectivity index (χ4n) is 0.804. The molecule has 0 saturated carbocycles. The standard InChI is InChI=1S/C10H9BrOS/c1-2-7-13-10(12)8-3-5-9(11)6-4-8/h2-6H,1,7H2. The smallest absolute Gasteiger partial charge is 0.219 e. The maximum atomic E-state index is 11.4. The van der Waals surface area contributed by atoms with Gasteiger partial charge in [-0.1, -0.05) is 33.8 Å². The van der Waals surface area contributed by atoms with Crippen molar-refractivity contribution in [1.29, 1.82) is 0 Å². The van der Waals surface area contributed by atoms with E-state index in [0.717, 1.165) is 10.0 Å². The number of carbonyl (C=O) groups excluding carboxylic acids is 1. The predicted octanol–water partition coefficient (Wildman–Crippen LogP) is 3.51. The minimum atomic E-state index is 0.0902. The number of hydrogen-bond donors (Lipinski definition) is 0. The summed E-state index contributed by atoms with van der Waals surface area (Å²) in [5.41, 5.74) is 0.732. The number of hydrogen-bond acceptors (Lipinski definition) is 2. The molecule has 13 heavy (non-hydrogen) atoms. The van der Waals surface area contributed by atoms with E-state index in [-0.39, 0.29) is 5.12 Å². The molecule has 0 heterocycles. The molecule has 0 bridgehead atoms. The molecule has 0 N–H and O–H groups in total. The molecule has 0 atom stereocenters. The molecular formula is C10H9BrOS.